The maximum absolute atomic E-state index is 12.8. The van der Waals surface area contributed by atoms with Crippen LogP contribution in [0.5, 0.6) is 0 Å². The zero-order valence-electron chi connectivity index (χ0n) is 12.1. The number of benzene rings is 2. The Morgan fingerprint density at radius 1 is 1.09 bits per heavy atom. The highest BCUT2D eigenvalue weighted by Gasteiger charge is 2.03. The fraction of sp³-hybridized carbons (Fsp3) is 0.235. The number of rotatable bonds is 7. The number of carbonyl (C=O) groups excluding carboxylic acids is 1. The molecule has 2 rings (SSSR count). The van der Waals surface area contributed by atoms with Gasteiger partial charge in [0.15, 0.2) is 0 Å². The number of hydrogen-bond acceptors (Lipinski definition) is 2. The largest absolute Gasteiger partial charge is 0.351 e. The summed E-state index contributed by atoms with van der Waals surface area (Å²) in [5, 5.41) is 6.52. The summed E-state index contributed by atoms with van der Waals surface area (Å²) in [6.07, 6.45) is 0.748. The number of amides is 1. The van der Waals surface area contributed by atoms with E-state index < -0.39 is 0 Å². The lowest BCUT2D eigenvalue weighted by Crippen LogP contribution is -2.34. The van der Waals surface area contributed by atoms with Gasteiger partial charge in [0.1, 0.15) is 5.82 Å². The van der Waals surface area contributed by atoms with E-state index in [-0.39, 0.29) is 18.3 Å². The molecule has 0 bridgehead atoms. The van der Waals surface area contributed by atoms with E-state index in [0.717, 1.165) is 17.5 Å². The van der Waals surface area contributed by atoms with E-state index in [1.165, 1.54) is 12.1 Å². The number of nitrogens with one attached hydrogen (secondary N) is 2. The van der Waals surface area contributed by atoms with Crippen molar-refractivity contribution in [2.24, 2.45) is 0 Å². The molecule has 5 heteroatoms. The Bertz CT molecular complexity index is 616. The minimum absolute atomic E-state index is 0.0842. The molecule has 3 nitrogen and oxygen atoms in total. The van der Waals surface area contributed by atoms with Crippen LogP contribution in [0.25, 0.3) is 0 Å². The number of halogens is 2. The third kappa shape index (κ3) is 5.47. The van der Waals surface area contributed by atoms with Gasteiger partial charge in [-0.15, -0.1) is 0 Å². The fourth-order valence-electron chi connectivity index (χ4n) is 1.98. The van der Waals surface area contributed by atoms with E-state index >= 15 is 0 Å². The van der Waals surface area contributed by atoms with E-state index in [2.05, 4.69) is 10.6 Å². The molecular formula is C17H18ClFN2O. The number of hydrogen-bond donors (Lipinski definition) is 2. The van der Waals surface area contributed by atoms with Gasteiger partial charge < -0.3 is 10.6 Å². The van der Waals surface area contributed by atoms with Crippen LogP contribution >= 0.6 is 11.6 Å². The summed E-state index contributed by atoms with van der Waals surface area (Å²) in [5.41, 5.74) is 1.93. The smallest absolute Gasteiger partial charge is 0.234 e. The molecule has 0 fully saturated rings. The molecule has 0 saturated heterocycles. The first-order valence-electron chi connectivity index (χ1n) is 7.10. The molecular weight excluding hydrogens is 303 g/mol. The summed E-state index contributed by atoms with van der Waals surface area (Å²) in [6.45, 7) is 1.31. The van der Waals surface area contributed by atoms with Gasteiger partial charge in [-0.25, -0.2) is 4.39 Å². The molecule has 0 atom stereocenters. The van der Waals surface area contributed by atoms with Crippen LogP contribution in [0.2, 0.25) is 5.02 Å². The van der Waals surface area contributed by atoms with Crippen LogP contribution in [-0.4, -0.2) is 19.0 Å². The zero-order chi connectivity index (χ0) is 15.8. The quantitative estimate of drug-likeness (QED) is 0.770. The van der Waals surface area contributed by atoms with Crippen LogP contribution < -0.4 is 10.6 Å². The second kappa shape index (κ2) is 8.51. The highest BCUT2D eigenvalue weighted by molar-refractivity contribution is 6.31. The molecule has 0 aliphatic carbocycles. The monoisotopic (exact) mass is 320 g/mol. The molecule has 0 spiro atoms. The van der Waals surface area contributed by atoms with E-state index in [1.807, 2.05) is 18.2 Å². The summed E-state index contributed by atoms with van der Waals surface area (Å²) < 4.78 is 12.8. The molecule has 0 aliphatic rings. The average Bonchev–Trinajstić information content (AvgIpc) is 2.52. The molecule has 2 aromatic rings. The minimum atomic E-state index is -0.240. The van der Waals surface area contributed by atoms with Gasteiger partial charge in [0.25, 0.3) is 0 Å². The second-order valence-corrected chi connectivity index (χ2v) is 5.33. The molecule has 0 unspecified atom stereocenters. The molecule has 0 aliphatic heterocycles. The SMILES string of the molecule is O=C(CNCCc1ccc(F)cc1)NCc1ccccc1Cl. The van der Waals surface area contributed by atoms with Gasteiger partial charge in [0.2, 0.25) is 5.91 Å². The third-order valence-electron chi connectivity index (χ3n) is 3.22. The van der Waals surface area contributed by atoms with E-state index in [0.29, 0.717) is 18.1 Å². The molecule has 0 saturated carbocycles. The van der Waals surface area contributed by atoms with Gasteiger partial charge in [-0.1, -0.05) is 41.9 Å². The van der Waals surface area contributed by atoms with Crippen molar-refractivity contribution in [3.63, 3.8) is 0 Å². The molecule has 0 radical (unpaired) electrons. The molecule has 2 N–H and O–H groups in total. The summed E-state index contributed by atoms with van der Waals surface area (Å²) in [7, 11) is 0. The average molecular weight is 321 g/mol. The van der Waals surface area contributed by atoms with Crippen molar-refractivity contribution in [2.45, 2.75) is 13.0 Å². The maximum atomic E-state index is 12.8. The Morgan fingerprint density at radius 3 is 2.55 bits per heavy atom. The van der Waals surface area contributed by atoms with Crippen LogP contribution in [0.15, 0.2) is 48.5 Å². The Hall–Kier alpha value is -1.91. The summed E-state index contributed by atoms with van der Waals surface area (Å²) in [4.78, 5) is 11.7. The molecule has 2 aromatic carbocycles. The fourth-order valence-corrected chi connectivity index (χ4v) is 2.19. The van der Waals surface area contributed by atoms with Gasteiger partial charge in [-0.2, -0.15) is 0 Å². The first-order valence-corrected chi connectivity index (χ1v) is 7.48. The molecule has 0 heterocycles. The lowest BCUT2D eigenvalue weighted by Gasteiger charge is -2.08. The van der Waals surface area contributed by atoms with Gasteiger partial charge >= 0.3 is 0 Å². The minimum Gasteiger partial charge on any atom is -0.351 e. The van der Waals surface area contributed by atoms with Gasteiger partial charge in [0.05, 0.1) is 6.54 Å². The first kappa shape index (κ1) is 16.5. The normalized spacial score (nSPS) is 10.5. The Morgan fingerprint density at radius 2 is 1.82 bits per heavy atom. The van der Waals surface area contributed by atoms with E-state index in [4.69, 9.17) is 11.6 Å². The summed E-state index contributed by atoms with van der Waals surface area (Å²) in [5.74, 6) is -0.324. The number of carbonyl (C=O) groups is 1. The van der Waals surface area contributed by atoms with Gasteiger partial charge in [0, 0.05) is 11.6 Å². The second-order valence-electron chi connectivity index (χ2n) is 4.92. The van der Waals surface area contributed by atoms with Crippen molar-refractivity contribution in [3.8, 4) is 0 Å². The van der Waals surface area contributed by atoms with Crippen molar-refractivity contribution < 1.29 is 9.18 Å². The highest BCUT2D eigenvalue weighted by atomic mass is 35.5. The molecule has 1 amide bonds. The van der Waals surface area contributed by atoms with Crippen LogP contribution in [-0.2, 0) is 17.8 Å². The summed E-state index contributed by atoms with van der Waals surface area (Å²) in [6, 6.07) is 13.8. The molecule has 0 aromatic heterocycles. The van der Waals surface area contributed by atoms with Crippen LogP contribution in [0.4, 0.5) is 4.39 Å². The van der Waals surface area contributed by atoms with Crippen molar-refractivity contribution in [1.82, 2.24) is 10.6 Å². The van der Waals surface area contributed by atoms with Gasteiger partial charge in [-0.3, -0.25) is 4.79 Å². The Kier molecular flexibility index (Phi) is 6.37. The lowest BCUT2D eigenvalue weighted by atomic mass is 10.1. The van der Waals surface area contributed by atoms with E-state index in [1.54, 1.807) is 18.2 Å². The van der Waals surface area contributed by atoms with Crippen molar-refractivity contribution in [3.05, 3.63) is 70.5 Å². The molecule has 116 valence electrons. The standard InChI is InChI=1S/C17H18ClFN2O/c18-16-4-2-1-3-14(16)11-21-17(22)12-20-10-9-13-5-7-15(19)8-6-13/h1-8,20H,9-12H2,(H,21,22). The first-order chi connectivity index (χ1) is 10.6. The Labute approximate surface area is 134 Å². The van der Waals surface area contributed by atoms with Crippen molar-refractivity contribution >= 4 is 17.5 Å². The van der Waals surface area contributed by atoms with Crippen LogP contribution in [0.3, 0.4) is 0 Å². The topological polar surface area (TPSA) is 41.1 Å². The zero-order valence-corrected chi connectivity index (χ0v) is 12.9. The van der Waals surface area contributed by atoms with E-state index in [9.17, 15) is 9.18 Å². The lowest BCUT2D eigenvalue weighted by molar-refractivity contribution is -0.120. The third-order valence-corrected chi connectivity index (χ3v) is 3.59. The van der Waals surface area contributed by atoms with Crippen molar-refractivity contribution in [2.75, 3.05) is 13.1 Å². The van der Waals surface area contributed by atoms with Crippen molar-refractivity contribution in [1.29, 1.82) is 0 Å². The predicted octanol–water partition coefficient (Wildman–Crippen LogP) is 2.93. The predicted molar refractivity (Wildman–Crippen MR) is 86.3 cm³/mol. The Balaban J connectivity index is 1.64. The molecule has 22 heavy (non-hydrogen) atoms. The van der Waals surface area contributed by atoms with Crippen LogP contribution in [0.1, 0.15) is 11.1 Å². The maximum Gasteiger partial charge on any atom is 0.234 e. The summed E-state index contributed by atoms with van der Waals surface area (Å²) >= 11 is 6.02. The highest BCUT2D eigenvalue weighted by Crippen LogP contribution is 2.14. The van der Waals surface area contributed by atoms with Crippen LogP contribution in [0, 0.1) is 5.82 Å². The van der Waals surface area contributed by atoms with Gasteiger partial charge in [-0.05, 0) is 42.3 Å².